The first-order chi connectivity index (χ1) is 14.3. The molecule has 160 valence electrons. The maximum atomic E-state index is 13.1. The van der Waals surface area contributed by atoms with Crippen molar-refractivity contribution in [1.82, 2.24) is 9.80 Å². The first kappa shape index (κ1) is 20.7. The van der Waals surface area contributed by atoms with Crippen LogP contribution in [0.5, 0.6) is 5.75 Å². The number of hydrogen-bond acceptors (Lipinski definition) is 5. The molecule has 0 aromatic heterocycles. The third-order valence-corrected chi connectivity index (χ3v) is 6.74. The van der Waals surface area contributed by atoms with E-state index >= 15 is 0 Å². The van der Waals surface area contributed by atoms with Crippen molar-refractivity contribution in [3.05, 3.63) is 59.7 Å². The van der Waals surface area contributed by atoms with Crippen molar-refractivity contribution in [2.24, 2.45) is 0 Å². The number of piperazine rings is 1. The standard InChI is InChI=1S/C22H27N3O4S/c1-17-8-9-20-19(14-17)25(30(2,27)28)16-21(29-20)22(26)24-12-10-23(11-13-24)15-18-6-4-3-5-7-18/h3-9,14,21H,10-13,15-16H2,1-2H3. The second kappa shape index (κ2) is 8.28. The Kier molecular flexibility index (Phi) is 5.71. The van der Waals surface area contributed by atoms with Gasteiger partial charge in [0.1, 0.15) is 5.75 Å². The highest BCUT2D eigenvalue weighted by Crippen LogP contribution is 2.36. The minimum absolute atomic E-state index is 0.00164. The number of nitrogens with zero attached hydrogens (tertiary/aromatic N) is 3. The van der Waals surface area contributed by atoms with Crippen LogP contribution < -0.4 is 9.04 Å². The molecule has 2 aromatic carbocycles. The zero-order valence-corrected chi connectivity index (χ0v) is 18.1. The molecule has 0 radical (unpaired) electrons. The van der Waals surface area contributed by atoms with Gasteiger partial charge in [-0.25, -0.2) is 8.42 Å². The van der Waals surface area contributed by atoms with Gasteiger partial charge in [0.05, 0.1) is 18.5 Å². The van der Waals surface area contributed by atoms with Gasteiger partial charge in [-0.1, -0.05) is 36.4 Å². The lowest BCUT2D eigenvalue weighted by atomic mass is 10.1. The number of sulfonamides is 1. The Morgan fingerprint density at radius 3 is 2.43 bits per heavy atom. The predicted molar refractivity (Wildman–Crippen MR) is 116 cm³/mol. The molecule has 1 fully saturated rings. The van der Waals surface area contributed by atoms with Crippen molar-refractivity contribution >= 4 is 21.6 Å². The maximum absolute atomic E-state index is 13.1. The zero-order valence-electron chi connectivity index (χ0n) is 17.3. The maximum Gasteiger partial charge on any atom is 0.265 e. The second-order valence-electron chi connectivity index (χ2n) is 7.96. The Hall–Kier alpha value is -2.58. The van der Waals surface area contributed by atoms with Crippen LogP contribution in [-0.2, 0) is 21.4 Å². The van der Waals surface area contributed by atoms with Crippen LogP contribution in [0.25, 0.3) is 0 Å². The SMILES string of the molecule is Cc1ccc2c(c1)N(S(C)(=O)=O)CC(C(=O)N1CCN(Cc3ccccc3)CC1)O2. The number of aryl methyl sites for hydroxylation is 1. The summed E-state index contributed by atoms with van der Waals surface area (Å²) in [5, 5.41) is 0. The minimum Gasteiger partial charge on any atom is -0.476 e. The summed E-state index contributed by atoms with van der Waals surface area (Å²) in [6.45, 7) is 5.51. The van der Waals surface area contributed by atoms with Crippen LogP contribution in [-0.4, -0.2) is 69.2 Å². The summed E-state index contributed by atoms with van der Waals surface area (Å²) < 4.78 is 31.9. The molecule has 4 rings (SSSR count). The molecular weight excluding hydrogens is 402 g/mol. The Morgan fingerprint density at radius 2 is 1.77 bits per heavy atom. The largest absolute Gasteiger partial charge is 0.476 e. The van der Waals surface area contributed by atoms with E-state index in [2.05, 4.69) is 17.0 Å². The topological polar surface area (TPSA) is 70.2 Å². The molecule has 2 aliphatic rings. The molecule has 2 heterocycles. The van der Waals surface area contributed by atoms with E-state index in [-0.39, 0.29) is 12.5 Å². The predicted octanol–water partition coefficient (Wildman–Crippen LogP) is 1.87. The third kappa shape index (κ3) is 4.44. The number of benzene rings is 2. The minimum atomic E-state index is -3.52. The lowest BCUT2D eigenvalue weighted by Crippen LogP contribution is -2.56. The third-order valence-electron chi connectivity index (χ3n) is 5.59. The van der Waals surface area contributed by atoms with Crippen molar-refractivity contribution < 1.29 is 17.9 Å². The van der Waals surface area contributed by atoms with E-state index in [1.54, 1.807) is 17.0 Å². The summed E-state index contributed by atoms with van der Waals surface area (Å²) in [5.74, 6) is 0.271. The summed E-state index contributed by atoms with van der Waals surface area (Å²) in [6.07, 6.45) is 0.324. The number of carbonyl (C=O) groups is 1. The Balaban J connectivity index is 1.43. The monoisotopic (exact) mass is 429 g/mol. The van der Waals surface area contributed by atoms with Gasteiger partial charge in [0, 0.05) is 32.7 Å². The molecule has 1 amide bonds. The highest BCUT2D eigenvalue weighted by molar-refractivity contribution is 7.92. The number of carbonyl (C=O) groups excluding carboxylic acids is 1. The lowest BCUT2D eigenvalue weighted by molar-refractivity contribution is -0.140. The van der Waals surface area contributed by atoms with Gasteiger partial charge in [-0.2, -0.15) is 0 Å². The van der Waals surface area contributed by atoms with Gasteiger partial charge in [-0.3, -0.25) is 14.0 Å². The van der Waals surface area contributed by atoms with Gasteiger partial charge in [0.25, 0.3) is 5.91 Å². The second-order valence-corrected chi connectivity index (χ2v) is 9.87. The normalized spacial score (nSPS) is 19.9. The van der Waals surface area contributed by atoms with Crippen LogP contribution in [0, 0.1) is 6.92 Å². The van der Waals surface area contributed by atoms with Crippen molar-refractivity contribution in [3.8, 4) is 5.75 Å². The number of anilines is 1. The van der Waals surface area contributed by atoms with E-state index in [1.165, 1.54) is 9.87 Å². The summed E-state index contributed by atoms with van der Waals surface area (Å²) >= 11 is 0. The molecule has 1 unspecified atom stereocenters. The van der Waals surface area contributed by atoms with Crippen molar-refractivity contribution in [2.75, 3.05) is 43.3 Å². The van der Waals surface area contributed by atoms with Gasteiger partial charge in [-0.15, -0.1) is 0 Å². The average molecular weight is 430 g/mol. The first-order valence-corrected chi connectivity index (χ1v) is 12.0. The molecule has 0 bridgehead atoms. The molecule has 0 saturated carbocycles. The fourth-order valence-electron chi connectivity index (χ4n) is 3.98. The van der Waals surface area contributed by atoms with Gasteiger partial charge in [0.2, 0.25) is 10.0 Å². The fraction of sp³-hybridized carbons (Fsp3) is 0.409. The van der Waals surface area contributed by atoms with Crippen molar-refractivity contribution in [3.63, 3.8) is 0 Å². The van der Waals surface area contributed by atoms with Crippen LogP contribution in [0.2, 0.25) is 0 Å². The van der Waals surface area contributed by atoms with E-state index in [4.69, 9.17) is 4.74 Å². The van der Waals surface area contributed by atoms with Crippen LogP contribution in [0.3, 0.4) is 0 Å². The molecule has 2 aromatic rings. The summed E-state index contributed by atoms with van der Waals surface area (Å²) in [4.78, 5) is 17.2. The van der Waals surface area contributed by atoms with Gasteiger partial charge < -0.3 is 9.64 Å². The number of hydrogen-bond donors (Lipinski definition) is 0. The highest BCUT2D eigenvalue weighted by Gasteiger charge is 2.37. The number of ether oxygens (including phenoxy) is 1. The molecule has 0 aliphatic carbocycles. The van der Waals surface area contributed by atoms with Gasteiger partial charge in [0.15, 0.2) is 6.10 Å². The van der Waals surface area contributed by atoms with Crippen LogP contribution in [0.1, 0.15) is 11.1 Å². The molecule has 0 N–H and O–H groups in total. The Bertz CT molecular complexity index is 1020. The molecule has 1 saturated heterocycles. The van der Waals surface area contributed by atoms with E-state index in [9.17, 15) is 13.2 Å². The van der Waals surface area contributed by atoms with Crippen LogP contribution in [0.15, 0.2) is 48.5 Å². The number of amides is 1. The smallest absolute Gasteiger partial charge is 0.265 e. The molecule has 1 atom stereocenters. The average Bonchev–Trinajstić information content (AvgIpc) is 2.73. The Labute approximate surface area is 177 Å². The molecule has 0 spiro atoms. The number of fused-ring (bicyclic) bond motifs is 1. The van der Waals surface area contributed by atoms with Crippen LogP contribution in [0.4, 0.5) is 5.69 Å². The van der Waals surface area contributed by atoms with Crippen molar-refractivity contribution in [2.45, 2.75) is 19.6 Å². The summed E-state index contributed by atoms with van der Waals surface area (Å²) in [5.41, 5.74) is 2.68. The fourth-order valence-corrected chi connectivity index (χ4v) is 4.88. The highest BCUT2D eigenvalue weighted by atomic mass is 32.2. The van der Waals surface area contributed by atoms with E-state index in [1.807, 2.05) is 31.2 Å². The van der Waals surface area contributed by atoms with Gasteiger partial charge >= 0.3 is 0 Å². The first-order valence-electron chi connectivity index (χ1n) is 10.1. The molecular formula is C22H27N3O4S. The van der Waals surface area contributed by atoms with E-state index in [0.717, 1.165) is 31.5 Å². The van der Waals surface area contributed by atoms with Crippen LogP contribution >= 0.6 is 0 Å². The quantitative estimate of drug-likeness (QED) is 0.742. The van der Waals surface area contributed by atoms with E-state index in [0.29, 0.717) is 24.5 Å². The lowest BCUT2D eigenvalue weighted by Gasteiger charge is -2.39. The zero-order chi connectivity index (χ0) is 21.3. The number of rotatable bonds is 4. The molecule has 30 heavy (non-hydrogen) atoms. The van der Waals surface area contributed by atoms with E-state index < -0.39 is 16.1 Å². The van der Waals surface area contributed by atoms with Gasteiger partial charge in [-0.05, 0) is 30.2 Å². The summed E-state index contributed by atoms with van der Waals surface area (Å²) in [6, 6.07) is 15.6. The Morgan fingerprint density at radius 1 is 1.07 bits per heavy atom. The molecule has 8 heteroatoms. The molecule has 2 aliphatic heterocycles. The van der Waals surface area contributed by atoms with Crippen molar-refractivity contribution in [1.29, 1.82) is 0 Å². The molecule has 7 nitrogen and oxygen atoms in total. The summed E-state index contributed by atoms with van der Waals surface area (Å²) in [7, 11) is -3.52.